The molecule has 102 valence electrons. The molecule has 1 aromatic carbocycles. The van der Waals surface area contributed by atoms with E-state index in [1.807, 2.05) is 30.3 Å². The molecule has 0 aromatic heterocycles. The molecule has 1 aromatic rings. The van der Waals surface area contributed by atoms with Gasteiger partial charge < -0.3 is 20.1 Å². The van der Waals surface area contributed by atoms with Crippen LogP contribution in [0.3, 0.4) is 0 Å². The van der Waals surface area contributed by atoms with Gasteiger partial charge in [-0.2, -0.15) is 0 Å². The minimum Gasteiger partial charge on any atom is -0.480 e. The monoisotopic (exact) mass is 264 g/mol. The van der Waals surface area contributed by atoms with Crippen LogP contribution in [-0.2, 0) is 14.3 Å². The van der Waals surface area contributed by atoms with Gasteiger partial charge in [0.25, 0.3) is 0 Å². The average Bonchev–Trinajstić information content (AvgIpc) is 2.46. The van der Waals surface area contributed by atoms with Crippen LogP contribution >= 0.6 is 0 Å². The lowest BCUT2D eigenvalue weighted by atomic mass is 10.2. The molecule has 1 atom stereocenters. The first-order valence-corrected chi connectivity index (χ1v) is 6.07. The van der Waals surface area contributed by atoms with E-state index in [-0.39, 0.29) is 19.1 Å². The van der Waals surface area contributed by atoms with E-state index in [9.17, 15) is 9.59 Å². The molecule has 1 fully saturated rings. The molecule has 1 unspecified atom stereocenters. The van der Waals surface area contributed by atoms with Crippen molar-refractivity contribution in [3.8, 4) is 0 Å². The van der Waals surface area contributed by atoms with Crippen LogP contribution in [0.4, 0.5) is 5.69 Å². The number of anilines is 1. The summed E-state index contributed by atoms with van der Waals surface area (Å²) in [5.74, 6) is -1.27. The zero-order valence-corrected chi connectivity index (χ0v) is 10.4. The molecule has 1 heterocycles. The average molecular weight is 264 g/mol. The number of carbonyl (C=O) groups is 2. The Morgan fingerprint density at radius 1 is 1.37 bits per heavy atom. The molecule has 1 amide bonds. The number of ether oxygens (including phenoxy) is 1. The predicted octanol–water partition coefficient (Wildman–Crippen LogP) is 0.410. The number of rotatable bonds is 4. The molecule has 0 bridgehead atoms. The summed E-state index contributed by atoms with van der Waals surface area (Å²) >= 11 is 0. The number of morpholine rings is 1. The maximum absolute atomic E-state index is 12.0. The van der Waals surface area contributed by atoms with Crippen molar-refractivity contribution in [2.24, 2.45) is 0 Å². The smallest absolute Gasteiger partial charge is 0.328 e. The van der Waals surface area contributed by atoms with Gasteiger partial charge in [0, 0.05) is 12.2 Å². The van der Waals surface area contributed by atoms with Gasteiger partial charge in [-0.1, -0.05) is 18.2 Å². The van der Waals surface area contributed by atoms with Gasteiger partial charge in [-0.05, 0) is 12.1 Å². The van der Waals surface area contributed by atoms with E-state index in [0.717, 1.165) is 5.69 Å². The summed E-state index contributed by atoms with van der Waals surface area (Å²) in [6, 6.07) is 8.42. The van der Waals surface area contributed by atoms with E-state index >= 15 is 0 Å². The minimum absolute atomic E-state index is 0.0480. The van der Waals surface area contributed by atoms with Crippen molar-refractivity contribution in [3.63, 3.8) is 0 Å². The Hall–Kier alpha value is -2.08. The first-order valence-electron chi connectivity index (χ1n) is 6.07. The number of carboxylic acid groups (broad SMARTS) is 1. The van der Waals surface area contributed by atoms with Crippen LogP contribution in [0.2, 0.25) is 0 Å². The number of carbonyl (C=O) groups excluding carboxylic acids is 1. The van der Waals surface area contributed by atoms with Crippen LogP contribution in [0.1, 0.15) is 0 Å². The van der Waals surface area contributed by atoms with Crippen LogP contribution in [-0.4, -0.2) is 54.2 Å². The fraction of sp³-hybridized carbons (Fsp3) is 0.385. The quantitative estimate of drug-likeness (QED) is 0.823. The molecule has 6 heteroatoms. The Kier molecular flexibility index (Phi) is 4.35. The lowest BCUT2D eigenvalue weighted by Crippen LogP contribution is -2.54. The van der Waals surface area contributed by atoms with E-state index in [4.69, 9.17) is 9.84 Å². The normalized spacial score (nSPS) is 18.9. The molecule has 0 saturated carbocycles. The maximum atomic E-state index is 12.0. The number of benzene rings is 1. The Balaban J connectivity index is 1.93. The number of hydrogen-bond acceptors (Lipinski definition) is 4. The highest BCUT2D eigenvalue weighted by Crippen LogP contribution is 2.09. The van der Waals surface area contributed by atoms with Crippen molar-refractivity contribution in [1.82, 2.24) is 4.90 Å². The molecule has 1 aliphatic heterocycles. The molecular weight excluding hydrogens is 248 g/mol. The van der Waals surface area contributed by atoms with Gasteiger partial charge in [-0.25, -0.2) is 4.79 Å². The number of aliphatic carboxylic acids is 1. The lowest BCUT2D eigenvalue weighted by molar-refractivity contribution is -0.157. The first-order chi connectivity index (χ1) is 9.18. The van der Waals surface area contributed by atoms with Gasteiger partial charge in [-0.3, -0.25) is 4.79 Å². The highest BCUT2D eigenvalue weighted by Gasteiger charge is 2.32. The topological polar surface area (TPSA) is 78.9 Å². The summed E-state index contributed by atoms with van der Waals surface area (Å²) in [4.78, 5) is 24.4. The number of carboxylic acids is 1. The molecule has 0 aliphatic carbocycles. The van der Waals surface area contributed by atoms with Crippen molar-refractivity contribution < 1.29 is 19.4 Å². The number of nitrogens with zero attached hydrogens (tertiary/aromatic N) is 1. The minimum atomic E-state index is -1.03. The summed E-state index contributed by atoms with van der Waals surface area (Å²) in [7, 11) is 0. The first kappa shape index (κ1) is 13.4. The molecule has 6 nitrogen and oxygen atoms in total. The van der Waals surface area contributed by atoms with Crippen molar-refractivity contribution in [3.05, 3.63) is 30.3 Å². The Morgan fingerprint density at radius 3 is 2.79 bits per heavy atom. The third-order valence-corrected chi connectivity index (χ3v) is 2.95. The standard InChI is InChI=1S/C13H16N2O4/c16-12(8-14-10-4-2-1-3-5-10)15-6-7-19-9-11(15)13(17)18/h1-5,11,14H,6-9H2,(H,17,18). The number of para-hydroxylation sites is 1. The van der Waals surface area contributed by atoms with Crippen LogP contribution < -0.4 is 5.32 Å². The van der Waals surface area contributed by atoms with E-state index in [1.165, 1.54) is 4.90 Å². The summed E-state index contributed by atoms with van der Waals surface area (Å²) in [6.07, 6.45) is 0. The molecule has 0 spiro atoms. The van der Waals surface area contributed by atoms with Gasteiger partial charge in [0.1, 0.15) is 0 Å². The number of nitrogens with one attached hydrogen (secondary N) is 1. The molecule has 1 saturated heterocycles. The lowest BCUT2D eigenvalue weighted by Gasteiger charge is -2.33. The van der Waals surface area contributed by atoms with E-state index in [2.05, 4.69) is 5.32 Å². The maximum Gasteiger partial charge on any atom is 0.328 e. The second-order valence-corrected chi connectivity index (χ2v) is 4.24. The summed E-state index contributed by atoms with van der Waals surface area (Å²) in [5.41, 5.74) is 0.830. The van der Waals surface area contributed by atoms with Gasteiger partial charge in [0.15, 0.2) is 6.04 Å². The van der Waals surface area contributed by atoms with E-state index in [1.54, 1.807) is 0 Å². The predicted molar refractivity (Wildman–Crippen MR) is 68.9 cm³/mol. The van der Waals surface area contributed by atoms with Crippen LogP contribution in [0.25, 0.3) is 0 Å². The van der Waals surface area contributed by atoms with E-state index in [0.29, 0.717) is 13.2 Å². The van der Waals surface area contributed by atoms with Crippen molar-refractivity contribution in [1.29, 1.82) is 0 Å². The SMILES string of the molecule is O=C(O)C1COCCN1C(=O)CNc1ccccc1. The number of amides is 1. The molecule has 19 heavy (non-hydrogen) atoms. The molecule has 0 radical (unpaired) electrons. The van der Waals surface area contributed by atoms with Crippen LogP contribution in [0.5, 0.6) is 0 Å². The van der Waals surface area contributed by atoms with Gasteiger partial charge in [-0.15, -0.1) is 0 Å². The van der Waals surface area contributed by atoms with Crippen molar-refractivity contribution >= 4 is 17.6 Å². The highest BCUT2D eigenvalue weighted by molar-refractivity contribution is 5.86. The summed E-state index contributed by atoms with van der Waals surface area (Å²) < 4.78 is 5.09. The Bertz CT molecular complexity index is 449. The number of hydrogen-bond donors (Lipinski definition) is 2. The third-order valence-electron chi connectivity index (χ3n) is 2.95. The summed E-state index contributed by atoms with van der Waals surface area (Å²) in [6.45, 7) is 0.813. The third kappa shape index (κ3) is 3.45. The Labute approximate surface area is 111 Å². The second kappa shape index (κ2) is 6.19. The van der Waals surface area contributed by atoms with Crippen LogP contribution in [0.15, 0.2) is 30.3 Å². The molecule has 2 N–H and O–H groups in total. The summed E-state index contributed by atoms with van der Waals surface area (Å²) in [5, 5.41) is 12.0. The zero-order valence-electron chi connectivity index (χ0n) is 10.4. The van der Waals surface area contributed by atoms with Gasteiger partial charge in [0.05, 0.1) is 19.8 Å². The fourth-order valence-electron chi connectivity index (χ4n) is 1.94. The van der Waals surface area contributed by atoms with Crippen molar-refractivity contribution in [2.45, 2.75) is 6.04 Å². The van der Waals surface area contributed by atoms with Gasteiger partial charge in [0.2, 0.25) is 5.91 Å². The highest BCUT2D eigenvalue weighted by atomic mass is 16.5. The van der Waals surface area contributed by atoms with Gasteiger partial charge >= 0.3 is 5.97 Å². The zero-order chi connectivity index (χ0) is 13.7. The Morgan fingerprint density at radius 2 is 2.11 bits per heavy atom. The molecule has 1 aliphatic rings. The largest absolute Gasteiger partial charge is 0.480 e. The van der Waals surface area contributed by atoms with E-state index < -0.39 is 12.0 Å². The second-order valence-electron chi connectivity index (χ2n) is 4.24. The molecular formula is C13H16N2O4. The van der Waals surface area contributed by atoms with Crippen molar-refractivity contribution in [2.75, 3.05) is 31.6 Å². The fourth-order valence-corrected chi connectivity index (χ4v) is 1.94. The van der Waals surface area contributed by atoms with Crippen LogP contribution in [0, 0.1) is 0 Å². The molecule has 2 rings (SSSR count).